The van der Waals surface area contributed by atoms with E-state index in [0.717, 1.165) is 12.1 Å². The summed E-state index contributed by atoms with van der Waals surface area (Å²) in [6.45, 7) is 0. The highest BCUT2D eigenvalue weighted by Gasteiger charge is 2.30. The van der Waals surface area contributed by atoms with E-state index in [9.17, 15) is 21.8 Å². The molecule has 0 aliphatic rings. The van der Waals surface area contributed by atoms with Gasteiger partial charge >= 0.3 is 6.18 Å². The molecule has 0 radical (unpaired) electrons. The zero-order valence-corrected chi connectivity index (χ0v) is 12.7. The summed E-state index contributed by atoms with van der Waals surface area (Å²) in [5.41, 5.74) is -0.416. The van der Waals surface area contributed by atoms with Crippen LogP contribution in [0.3, 0.4) is 0 Å². The smallest absolute Gasteiger partial charge is 0.259 e. The molecule has 1 unspecified atom stereocenters. The number of rotatable bonds is 4. The molecular formula is C15H11ClF4OS. The molecule has 1 nitrogen and oxygen atoms in total. The predicted molar refractivity (Wildman–Crippen MR) is 78.4 cm³/mol. The topological polar surface area (TPSA) is 17.1 Å². The first-order chi connectivity index (χ1) is 10.3. The summed E-state index contributed by atoms with van der Waals surface area (Å²) in [6.07, 6.45) is -4.45. The van der Waals surface area contributed by atoms with Gasteiger partial charge in [0.1, 0.15) is 5.82 Å². The molecule has 0 amide bonds. The van der Waals surface area contributed by atoms with Crippen LogP contribution in [0.1, 0.15) is 16.7 Å². The van der Waals surface area contributed by atoms with Gasteiger partial charge < -0.3 is 0 Å². The molecule has 7 heteroatoms. The van der Waals surface area contributed by atoms with Gasteiger partial charge in [-0.1, -0.05) is 35.9 Å². The van der Waals surface area contributed by atoms with E-state index in [0.29, 0.717) is 0 Å². The molecule has 0 aliphatic heterocycles. The molecule has 0 fully saturated rings. The molecule has 2 aromatic rings. The molecular weight excluding hydrogens is 340 g/mol. The van der Waals surface area contributed by atoms with Gasteiger partial charge in [0.25, 0.3) is 0 Å². The Morgan fingerprint density at radius 1 is 1.05 bits per heavy atom. The van der Waals surface area contributed by atoms with Gasteiger partial charge in [-0.25, -0.2) is 4.39 Å². The number of alkyl halides is 3. The average Bonchev–Trinajstić information content (AvgIpc) is 2.42. The van der Waals surface area contributed by atoms with Gasteiger partial charge in [0, 0.05) is 27.1 Å². The second-order valence-electron chi connectivity index (χ2n) is 4.63. The van der Waals surface area contributed by atoms with Crippen molar-refractivity contribution in [2.75, 3.05) is 0 Å². The van der Waals surface area contributed by atoms with E-state index in [4.69, 9.17) is 11.6 Å². The normalized spacial score (nSPS) is 13.1. The van der Waals surface area contributed by atoms with Crippen molar-refractivity contribution >= 4 is 22.4 Å². The molecule has 0 N–H and O–H groups in total. The number of halogens is 5. The van der Waals surface area contributed by atoms with Crippen LogP contribution in [0.15, 0.2) is 42.5 Å². The van der Waals surface area contributed by atoms with Gasteiger partial charge in [-0.15, -0.1) is 0 Å². The SMILES string of the molecule is O=S(Cc1cccc(C(F)(F)F)c1)Cc1c(F)cccc1Cl. The Labute approximate surface area is 132 Å². The van der Waals surface area contributed by atoms with Crippen molar-refractivity contribution in [2.45, 2.75) is 17.7 Å². The molecule has 0 saturated heterocycles. The highest BCUT2D eigenvalue weighted by Crippen LogP contribution is 2.30. The summed E-state index contributed by atoms with van der Waals surface area (Å²) >= 11 is 5.84. The lowest BCUT2D eigenvalue weighted by Crippen LogP contribution is -2.07. The van der Waals surface area contributed by atoms with Crippen molar-refractivity contribution in [3.8, 4) is 0 Å². The fourth-order valence-corrected chi connectivity index (χ4v) is 3.48. The number of hydrogen-bond acceptors (Lipinski definition) is 1. The molecule has 0 saturated carbocycles. The molecule has 22 heavy (non-hydrogen) atoms. The van der Waals surface area contributed by atoms with E-state index >= 15 is 0 Å². The molecule has 0 spiro atoms. The van der Waals surface area contributed by atoms with Crippen LogP contribution < -0.4 is 0 Å². The number of benzene rings is 2. The largest absolute Gasteiger partial charge is 0.416 e. The quantitative estimate of drug-likeness (QED) is 0.713. The van der Waals surface area contributed by atoms with Crippen molar-refractivity contribution in [1.29, 1.82) is 0 Å². The summed E-state index contributed by atoms with van der Waals surface area (Å²) in [5, 5.41) is 0.150. The van der Waals surface area contributed by atoms with Crippen LogP contribution in [0, 0.1) is 5.82 Å². The first kappa shape index (κ1) is 17.0. The molecule has 0 bridgehead atoms. The maximum absolute atomic E-state index is 13.6. The van der Waals surface area contributed by atoms with Crippen molar-refractivity contribution in [2.24, 2.45) is 0 Å². The fraction of sp³-hybridized carbons (Fsp3) is 0.200. The molecule has 1 atom stereocenters. The van der Waals surface area contributed by atoms with Gasteiger partial charge in [-0.05, 0) is 23.8 Å². The van der Waals surface area contributed by atoms with E-state index in [2.05, 4.69) is 0 Å². The van der Waals surface area contributed by atoms with Crippen molar-refractivity contribution in [3.05, 3.63) is 70.0 Å². The Morgan fingerprint density at radius 2 is 1.73 bits per heavy atom. The van der Waals surface area contributed by atoms with Crippen LogP contribution in [-0.4, -0.2) is 4.21 Å². The van der Waals surface area contributed by atoms with Gasteiger partial charge in [-0.2, -0.15) is 13.2 Å². The van der Waals surface area contributed by atoms with E-state index in [1.165, 1.54) is 30.3 Å². The summed E-state index contributed by atoms with van der Waals surface area (Å²) < 4.78 is 63.5. The van der Waals surface area contributed by atoms with Gasteiger partial charge in [0.05, 0.1) is 11.3 Å². The standard InChI is InChI=1S/C15H11ClF4OS/c16-13-5-2-6-14(17)12(13)9-22(21)8-10-3-1-4-11(7-10)15(18,19)20/h1-7H,8-9H2. The van der Waals surface area contributed by atoms with Crippen molar-refractivity contribution in [3.63, 3.8) is 0 Å². The Bertz CT molecular complexity index is 680. The zero-order chi connectivity index (χ0) is 16.3. The van der Waals surface area contributed by atoms with E-state index in [1.807, 2.05) is 0 Å². The summed E-state index contributed by atoms with van der Waals surface area (Å²) in [4.78, 5) is 0. The molecule has 2 aromatic carbocycles. The Balaban J connectivity index is 2.13. The van der Waals surface area contributed by atoms with Gasteiger partial charge in [0.2, 0.25) is 0 Å². The van der Waals surface area contributed by atoms with E-state index in [1.54, 1.807) is 0 Å². The monoisotopic (exact) mass is 350 g/mol. The lowest BCUT2D eigenvalue weighted by Gasteiger charge is -2.09. The second-order valence-corrected chi connectivity index (χ2v) is 6.49. The average molecular weight is 351 g/mol. The molecule has 2 rings (SSSR count). The van der Waals surface area contributed by atoms with Crippen molar-refractivity contribution in [1.82, 2.24) is 0 Å². The second kappa shape index (κ2) is 6.79. The molecule has 0 aliphatic carbocycles. The highest BCUT2D eigenvalue weighted by atomic mass is 35.5. The third-order valence-electron chi connectivity index (χ3n) is 2.95. The first-order valence-corrected chi connectivity index (χ1v) is 8.08. The lowest BCUT2D eigenvalue weighted by atomic mass is 10.1. The van der Waals surface area contributed by atoms with Crippen LogP contribution in [-0.2, 0) is 28.5 Å². The lowest BCUT2D eigenvalue weighted by molar-refractivity contribution is -0.137. The Morgan fingerprint density at radius 3 is 2.36 bits per heavy atom. The Kier molecular flexibility index (Phi) is 5.24. The van der Waals surface area contributed by atoms with Crippen LogP contribution in [0.4, 0.5) is 17.6 Å². The minimum Gasteiger partial charge on any atom is -0.259 e. The number of hydrogen-bond donors (Lipinski definition) is 0. The van der Waals surface area contributed by atoms with E-state index < -0.39 is 28.4 Å². The zero-order valence-electron chi connectivity index (χ0n) is 11.2. The molecule has 0 aromatic heterocycles. The molecule has 118 valence electrons. The van der Waals surface area contributed by atoms with Crippen LogP contribution in [0.5, 0.6) is 0 Å². The van der Waals surface area contributed by atoms with Crippen LogP contribution >= 0.6 is 11.6 Å². The third kappa shape index (κ3) is 4.30. The predicted octanol–water partition coefficient (Wildman–Crippen LogP) is 4.95. The third-order valence-corrected chi connectivity index (χ3v) is 4.57. The molecule has 0 heterocycles. The van der Waals surface area contributed by atoms with Crippen LogP contribution in [0.2, 0.25) is 5.02 Å². The maximum Gasteiger partial charge on any atom is 0.416 e. The summed E-state index contributed by atoms with van der Waals surface area (Å²) in [5.74, 6) is -0.832. The maximum atomic E-state index is 13.6. The highest BCUT2D eigenvalue weighted by molar-refractivity contribution is 7.83. The van der Waals surface area contributed by atoms with Crippen LogP contribution in [0.25, 0.3) is 0 Å². The first-order valence-electron chi connectivity index (χ1n) is 6.21. The summed E-state index contributed by atoms with van der Waals surface area (Å²) in [6, 6.07) is 8.70. The Hall–Kier alpha value is -1.40. The van der Waals surface area contributed by atoms with Gasteiger partial charge in [-0.3, -0.25) is 4.21 Å². The minimum atomic E-state index is -4.45. The fourth-order valence-electron chi connectivity index (χ4n) is 1.91. The summed E-state index contributed by atoms with van der Waals surface area (Å²) in [7, 11) is -1.57. The van der Waals surface area contributed by atoms with E-state index in [-0.39, 0.29) is 27.7 Å². The van der Waals surface area contributed by atoms with Gasteiger partial charge in [0.15, 0.2) is 0 Å². The minimum absolute atomic E-state index is 0.103. The van der Waals surface area contributed by atoms with Crippen molar-refractivity contribution < 1.29 is 21.8 Å².